The van der Waals surface area contributed by atoms with Gasteiger partial charge in [0.25, 0.3) is 0 Å². The highest BCUT2D eigenvalue weighted by molar-refractivity contribution is 5.79. The van der Waals surface area contributed by atoms with Gasteiger partial charge in [-0.1, -0.05) is 60.1 Å². The Bertz CT molecular complexity index is 1720. The van der Waals surface area contributed by atoms with E-state index >= 15 is 0 Å². The molecule has 0 aromatic carbocycles. The average Bonchev–Trinajstić information content (AvgIpc) is 3.15. The zero-order chi connectivity index (χ0) is 44.4. The van der Waals surface area contributed by atoms with Crippen LogP contribution in [0.3, 0.4) is 0 Å². The van der Waals surface area contributed by atoms with E-state index in [9.17, 15) is 34.2 Å². The molecule has 0 radical (unpaired) electrons. The lowest BCUT2D eigenvalue weighted by atomic mass is 9.33. The fraction of sp³-hybridized carbons (Fsp3) is 0.848. The van der Waals surface area contributed by atoms with Crippen LogP contribution >= 0.6 is 0 Å². The van der Waals surface area contributed by atoms with E-state index in [-0.39, 0.29) is 46.1 Å². The van der Waals surface area contributed by atoms with Gasteiger partial charge in [-0.05, 0) is 109 Å². The van der Waals surface area contributed by atoms with E-state index in [0.717, 1.165) is 65.4 Å². The minimum atomic E-state index is -1.53. The normalized spacial score (nSPS) is 42.0. The van der Waals surface area contributed by atoms with E-state index in [0.29, 0.717) is 18.8 Å². The molecule has 0 aromatic heterocycles. The van der Waals surface area contributed by atoms with Gasteiger partial charge in [0.2, 0.25) is 0 Å². The zero-order valence-electron chi connectivity index (χ0n) is 37.6. The fourth-order valence-corrected chi connectivity index (χ4v) is 13.5. The van der Waals surface area contributed by atoms with Crippen LogP contribution in [0.25, 0.3) is 0 Å². The second kappa shape index (κ2) is 16.6. The molecule has 1 aliphatic heterocycles. The Morgan fingerprint density at radius 2 is 1.42 bits per heavy atom. The molecule has 2 unspecified atom stereocenters. The summed E-state index contributed by atoms with van der Waals surface area (Å²) in [6.07, 6.45) is 2.13. The number of hydrogen-bond donors (Lipinski definition) is 2. The molecule has 1 saturated heterocycles. The van der Waals surface area contributed by atoms with Crippen molar-refractivity contribution in [3.05, 3.63) is 11.6 Å². The van der Waals surface area contributed by atoms with Gasteiger partial charge in [0.05, 0.1) is 25.2 Å². The molecule has 0 spiro atoms. The topological polar surface area (TPSA) is 190 Å². The molecule has 0 bridgehead atoms. The second-order valence-electron chi connectivity index (χ2n) is 21.0. The van der Waals surface area contributed by atoms with Crippen molar-refractivity contribution in [2.75, 3.05) is 20.3 Å². The molecule has 2 N–H and O–H groups in total. The third-order valence-corrected chi connectivity index (χ3v) is 16.7. The Morgan fingerprint density at radius 1 is 0.800 bits per heavy atom. The predicted molar refractivity (Wildman–Crippen MR) is 215 cm³/mol. The summed E-state index contributed by atoms with van der Waals surface area (Å²) >= 11 is 0. The zero-order valence-corrected chi connectivity index (χ0v) is 37.6. The Labute approximate surface area is 355 Å². The number of carbonyl (C=O) groups excluding carboxylic acids is 5. The van der Waals surface area contributed by atoms with Gasteiger partial charge in [0.15, 0.2) is 30.7 Å². The Hall–Kier alpha value is -3.07. The molecule has 14 heteroatoms. The summed E-state index contributed by atoms with van der Waals surface area (Å²) in [5.41, 5.74) is 0.00962. The molecule has 6 rings (SSSR count). The maximum atomic E-state index is 14.1. The summed E-state index contributed by atoms with van der Waals surface area (Å²) in [6.45, 7) is 19.2. The van der Waals surface area contributed by atoms with Crippen LogP contribution in [-0.2, 0) is 57.1 Å². The van der Waals surface area contributed by atoms with E-state index < -0.39 is 84.2 Å². The summed E-state index contributed by atoms with van der Waals surface area (Å²) in [4.78, 5) is 64.5. The van der Waals surface area contributed by atoms with Crippen LogP contribution in [0, 0.1) is 50.2 Å². The van der Waals surface area contributed by atoms with Gasteiger partial charge < -0.3 is 43.4 Å². The molecule has 5 fully saturated rings. The van der Waals surface area contributed by atoms with Crippen LogP contribution in [-0.4, -0.2) is 103 Å². The number of aliphatic hydroxyl groups is 2. The summed E-state index contributed by atoms with van der Waals surface area (Å²) < 4.78 is 40.7. The first-order valence-corrected chi connectivity index (χ1v) is 22.0. The first-order chi connectivity index (χ1) is 27.9. The summed E-state index contributed by atoms with van der Waals surface area (Å²) in [5.74, 6) is -2.79. The predicted octanol–water partition coefficient (Wildman–Crippen LogP) is 5.76. The van der Waals surface area contributed by atoms with Gasteiger partial charge >= 0.3 is 29.8 Å². The smallest absolute Gasteiger partial charge is 0.339 e. The van der Waals surface area contributed by atoms with E-state index in [4.69, 9.17) is 33.2 Å². The number of esters is 5. The molecule has 60 heavy (non-hydrogen) atoms. The number of hydrogen-bond acceptors (Lipinski definition) is 14. The van der Waals surface area contributed by atoms with Gasteiger partial charge in [-0.3, -0.25) is 19.2 Å². The van der Waals surface area contributed by atoms with Gasteiger partial charge in [-0.2, -0.15) is 0 Å². The first kappa shape index (κ1) is 46.4. The summed E-state index contributed by atoms with van der Waals surface area (Å²) in [6, 6.07) is 0. The SMILES string of the molecule is COC(=O)[C@H]1OC(O[C@H]2CC[C@]3(C)[C@H]4CC=C5[C@@H]6CC(C)(C)CC[C@]6(C(=O)OCC(O)CO)CC[C@@]5(C)[C@]4(C)CC[C@H]3C2(C)C)[C@H](OC(C)=O)[C@@H](OC(C)=O)[C@@H]1OC(C)=O. The lowest BCUT2D eigenvalue weighted by molar-refractivity contribution is -0.327. The van der Waals surface area contributed by atoms with Crippen molar-refractivity contribution in [3.63, 3.8) is 0 Å². The van der Waals surface area contributed by atoms with Crippen molar-refractivity contribution < 1.29 is 67.3 Å². The lowest BCUT2D eigenvalue weighted by Gasteiger charge is -2.71. The molecular formula is C46H70O14. The maximum absolute atomic E-state index is 14.1. The number of fused-ring (bicyclic) bond motifs is 7. The fourth-order valence-electron chi connectivity index (χ4n) is 13.5. The molecule has 6 aliphatic rings. The summed E-state index contributed by atoms with van der Waals surface area (Å²) in [7, 11) is 1.16. The summed E-state index contributed by atoms with van der Waals surface area (Å²) in [5, 5.41) is 19.5. The number of carbonyl (C=O) groups is 5. The van der Waals surface area contributed by atoms with Crippen LogP contribution in [0.1, 0.15) is 133 Å². The van der Waals surface area contributed by atoms with Crippen LogP contribution in [0.15, 0.2) is 11.6 Å². The third-order valence-electron chi connectivity index (χ3n) is 16.7. The molecule has 0 aromatic rings. The van der Waals surface area contributed by atoms with Crippen molar-refractivity contribution in [3.8, 4) is 0 Å². The quantitative estimate of drug-likeness (QED) is 0.117. The molecule has 14 atom stereocenters. The highest BCUT2D eigenvalue weighted by Gasteiger charge is 2.70. The van der Waals surface area contributed by atoms with Crippen molar-refractivity contribution in [1.82, 2.24) is 0 Å². The van der Waals surface area contributed by atoms with E-state index in [1.807, 2.05) is 0 Å². The highest BCUT2D eigenvalue weighted by Crippen LogP contribution is 2.76. The highest BCUT2D eigenvalue weighted by atomic mass is 16.7. The monoisotopic (exact) mass is 846 g/mol. The Kier molecular flexibility index (Phi) is 12.8. The van der Waals surface area contributed by atoms with E-state index in [2.05, 4.69) is 54.5 Å². The van der Waals surface area contributed by atoms with Gasteiger partial charge in [-0.25, -0.2) is 4.79 Å². The Morgan fingerprint density at radius 3 is 2.03 bits per heavy atom. The number of methoxy groups -OCH3 is 1. The lowest BCUT2D eigenvalue weighted by Crippen LogP contribution is -2.67. The minimum absolute atomic E-state index is 0.0216. The van der Waals surface area contributed by atoms with Gasteiger partial charge in [-0.15, -0.1) is 0 Å². The second-order valence-corrected chi connectivity index (χ2v) is 21.0. The van der Waals surface area contributed by atoms with Crippen LogP contribution in [0.5, 0.6) is 0 Å². The Balaban J connectivity index is 1.30. The molecule has 1 heterocycles. The first-order valence-electron chi connectivity index (χ1n) is 22.0. The maximum Gasteiger partial charge on any atom is 0.339 e. The van der Waals surface area contributed by atoms with Gasteiger partial charge in [0.1, 0.15) is 12.7 Å². The van der Waals surface area contributed by atoms with Crippen molar-refractivity contribution in [1.29, 1.82) is 0 Å². The molecule has 14 nitrogen and oxygen atoms in total. The average molecular weight is 847 g/mol. The van der Waals surface area contributed by atoms with Crippen LogP contribution in [0.4, 0.5) is 0 Å². The van der Waals surface area contributed by atoms with E-state index in [1.54, 1.807) is 0 Å². The number of ether oxygens (including phenoxy) is 7. The molecule has 338 valence electrons. The molecule has 4 saturated carbocycles. The molecular weight excluding hydrogens is 776 g/mol. The van der Waals surface area contributed by atoms with Crippen LogP contribution < -0.4 is 0 Å². The number of aliphatic hydroxyl groups excluding tert-OH is 2. The van der Waals surface area contributed by atoms with Crippen LogP contribution in [0.2, 0.25) is 0 Å². The van der Waals surface area contributed by atoms with Crippen molar-refractivity contribution in [2.45, 2.75) is 176 Å². The number of rotatable bonds is 10. The molecule has 0 amide bonds. The van der Waals surface area contributed by atoms with Gasteiger partial charge in [0, 0.05) is 20.8 Å². The largest absolute Gasteiger partial charge is 0.467 e. The standard InChI is InChI=1S/C46H70O14/c1-25(48)56-34-35(57-26(2)49)37(58-27(3)50)39(60-36(34)38(52)54-11)59-33-15-16-43(8)31(42(33,6)7)14-17-45(10)32(43)13-12-29-30-22-41(4,5)18-20-46(30,21-19-44(29,45)9)40(53)55-24-28(51)23-47/h12,28,30-37,39,47,51H,13-24H2,1-11H3/t28?,30-,31-,32+,33-,34-,35-,36-,37+,39?,43-,44+,45+,46-/m0/s1. The number of allylic oxidation sites excluding steroid dienone is 2. The van der Waals surface area contributed by atoms with Crippen molar-refractivity contribution in [2.24, 2.45) is 50.2 Å². The minimum Gasteiger partial charge on any atom is -0.467 e. The third kappa shape index (κ3) is 7.82. The molecule has 5 aliphatic carbocycles. The van der Waals surface area contributed by atoms with Crippen molar-refractivity contribution >= 4 is 29.8 Å². The van der Waals surface area contributed by atoms with E-state index in [1.165, 1.54) is 19.4 Å².